The third kappa shape index (κ3) is 6.89. The van der Waals surface area contributed by atoms with Crippen LogP contribution >= 0.6 is 0 Å². The molecule has 0 aliphatic rings. The maximum absolute atomic E-state index is 5.64. The maximum atomic E-state index is 5.64. The van der Waals surface area contributed by atoms with Gasteiger partial charge in [0.2, 0.25) is 0 Å². The Hall–Kier alpha value is -1.10. The summed E-state index contributed by atoms with van der Waals surface area (Å²) >= 11 is 0. The summed E-state index contributed by atoms with van der Waals surface area (Å²) in [4.78, 5) is 0. The lowest BCUT2D eigenvalue weighted by molar-refractivity contribution is 0.0288. The first-order chi connectivity index (χ1) is 9.80. The SMILES string of the molecule is CCCCOc1ccc(CNCC(COC)OC)cc1. The van der Waals surface area contributed by atoms with Crippen molar-refractivity contribution in [1.82, 2.24) is 5.32 Å². The van der Waals surface area contributed by atoms with Crippen molar-refractivity contribution in [3.8, 4) is 5.75 Å². The van der Waals surface area contributed by atoms with Gasteiger partial charge >= 0.3 is 0 Å². The van der Waals surface area contributed by atoms with Gasteiger partial charge in [-0.3, -0.25) is 0 Å². The van der Waals surface area contributed by atoms with E-state index in [-0.39, 0.29) is 6.10 Å². The summed E-state index contributed by atoms with van der Waals surface area (Å²) in [5.41, 5.74) is 1.24. The average molecular weight is 281 g/mol. The van der Waals surface area contributed by atoms with E-state index < -0.39 is 0 Å². The maximum Gasteiger partial charge on any atom is 0.119 e. The zero-order valence-electron chi connectivity index (χ0n) is 12.9. The quantitative estimate of drug-likeness (QED) is 0.633. The van der Waals surface area contributed by atoms with Crippen LogP contribution in [0, 0.1) is 0 Å². The van der Waals surface area contributed by atoms with E-state index >= 15 is 0 Å². The van der Waals surface area contributed by atoms with E-state index in [1.165, 1.54) is 5.56 Å². The van der Waals surface area contributed by atoms with Crippen molar-refractivity contribution in [3.05, 3.63) is 29.8 Å². The summed E-state index contributed by atoms with van der Waals surface area (Å²) in [5.74, 6) is 0.941. The third-order valence-electron chi connectivity index (χ3n) is 3.08. The molecule has 4 nitrogen and oxygen atoms in total. The molecule has 0 saturated heterocycles. The van der Waals surface area contributed by atoms with E-state index in [1.807, 2.05) is 12.1 Å². The van der Waals surface area contributed by atoms with Crippen molar-refractivity contribution >= 4 is 0 Å². The number of unbranched alkanes of at least 4 members (excludes halogenated alkanes) is 1. The Morgan fingerprint density at radius 2 is 1.90 bits per heavy atom. The van der Waals surface area contributed by atoms with Gasteiger partial charge in [0.05, 0.1) is 19.3 Å². The van der Waals surface area contributed by atoms with Crippen molar-refractivity contribution in [1.29, 1.82) is 0 Å². The first-order valence-corrected chi connectivity index (χ1v) is 7.24. The molecule has 4 heteroatoms. The predicted octanol–water partition coefficient (Wildman–Crippen LogP) is 2.62. The highest BCUT2D eigenvalue weighted by molar-refractivity contribution is 5.27. The molecule has 0 spiro atoms. The van der Waals surface area contributed by atoms with Gasteiger partial charge in [0.1, 0.15) is 5.75 Å². The number of rotatable bonds is 11. The molecule has 1 N–H and O–H groups in total. The van der Waals surface area contributed by atoms with Crippen LogP contribution < -0.4 is 10.1 Å². The van der Waals surface area contributed by atoms with E-state index in [4.69, 9.17) is 14.2 Å². The molecule has 1 aromatic rings. The minimum absolute atomic E-state index is 0.0941. The second kappa shape index (κ2) is 10.7. The highest BCUT2D eigenvalue weighted by Gasteiger charge is 2.05. The molecule has 1 unspecified atom stereocenters. The van der Waals surface area contributed by atoms with E-state index in [0.717, 1.165) is 38.3 Å². The molecule has 0 aliphatic carbocycles. The van der Waals surface area contributed by atoms with Gasteiger partial charge in [0.15, 0.2) is 0 Å². The van der Waals surface area contributed by atoms with Gasteiger partial charge in [0.25, 0.3) is 0 Å². The summed E-state index contributed by atoms with van der Waals surface area (Å²) in [5, 5.41) is 3.36. The fourth-order valence-corrected chi connectivity index (χ4v) is 1.81. The summed E-state index contributed by atoms with van der Waals surface area (Å²) in [6.07, 6.45) is 2.35. The van der Waals surface area contributed by atoms with Crippen molar-refractivity contribution in [3.63, 3.8) is 0 Å². The van der Waals surface area contributed by atoms with Gasteiger partial charge in [-0.05, 0) is 24.1 Å². The van der Waals surface area contributed by atoms with Gasteiger partial charge in [0, 0.05) is 27.3 Å². The van der Waals surface area contributed by atoms with Crippen LogP contribution in [0.25, 0.3) is 0 Å². The minimum atomic E-state index is 0.0941. The smallest absolute Gasteiger partial charge is 0.119 e. The van der Waals surface area contributed by atoms with Crippen LogP contribution in [0.5, 0.6) is 5.75 Å². The molecule has 1 atom stereocenters. The summed E-state index contributed by atoms with van der Waals surface area (Å²) in [7, 11) is 3.39. The van der Waals surface area contributed by atoms with Crippen LogP contribution in [0.3, 0.4) is 0 Å². The van der Waals surface area contributed by atoms with Gasteiger partial charge in [-0.2, -0.15) is 0 Å². The monoisotopic (exact) mass is 281 g/mol. The summed E-state index contributed by atoms with van der Waals surface area (Å²) in [6.45, 7) is 5.15. The second-order valence-corrected chi connectivity index (χ2v) is 4.79. The van der Waals surface area contributed by atoms with Gasteiger partial charge in [-0.25, -0.2) is 0 Å². The lowest BCUT2D eigenvalue weighted by atomic mass is 10.2. The third-order valence-corrected chi connectivity index (χ3v) is 3.08. The van der Waals surface area contributed by atoms with Crippen LogP contribution in [0.15, 0.2) is 24.3 Å². The van der Waals surface area contributed by atoms with Crippen molar-refractivity contribution < 1.29 is 14.2 Å². The first kappa shape index (κ1) is 17.0. The largest absolute Gasteiger partial charge is 0.494 e. The van der Waals surface area contributed by atoms with Crippen LogP contribution in [-0.2, 0) is 16.0 Å². The lowest BCUT2D eigenvalue weighted by Crippen LogP contribution is -2.31. The molecular weight excluding hydrogens is 254 g/mol. The number of benzene rings is 1. The molecule has 20 heavy (non-hydrogen) atoms. The molecular formula is C16H27NO3. The normalized spacial score (nSPS) is 12.3. The average Bonchev–Trinajstić information content (AvgIpc) is 2.48. The Balaban J connectivity index is 2.27. The van der Waals surface area contributed by atoms with Crippen molar-refractivity contribution in [2.75, 3.05) is 34.0 Å². The number of methoxy groups -OCH3 is 2. The fourth-order valence-electron chi connectivity index (χ4n) is 1.81. The fraction of sp³-hybridized carbons (Fsp3) is 0.625. The topological polar surface area (TPSA) is 39.7 Å². The molecule has 0 fully saturated rings. The Labute approximate surface area is 122 Å². The molecule has 0 bridgehead atoms. The van der Waals surface area contributed by atoms with E-state index in [1.54, 1.807) is 14.2 Å². The molecule has 0 amide bonds. The number of nitrogens with one attached hydrogen (secondary N) is 1. The van der Waals surface area contributed by atoms with Gasteiger partial charge < -0.3 is 19.5 Å². The predicted molar refractivity (Wildman–Crippen MR) is 81.2 cm³/mol. The molecule has 0 heterocycles. The number of hydrogen-bond acceptors (Lipinski definition) is 4. The van der Waals surface area contributed by atoms with Gasteiger partial charge in [-0.15, -0.1) is 0 Å². The van der Waals surface area contributed by atoms with Gasteiger partial charge in [-0.1, -0.05) is 25.5 Å². The zero-order chi connectivity index (χ0) is 14.6. The van der Waals surface area contributed by atoms with E-state index in [0.29, 0.717) is 6.61 Å². The molecule has 0 aromatic heterocycles. The molecule has 114 valence electrons. The first-order valence-electron chi connectivity index (χ1n) is 7.24. The highest BCUT2D eigenvalue weighted by atomic mass is 16.5. The molecule has 0 saturated carbocycles. The highest BCUT2D eigenvalue weighted by Crippen LogP contribution is 2.12. The van der Waals surface area contributed by atoms with E-state index in [9.17, 15) is 0 Å². The van der Waals surface area contributed by atoms with Crippen LogP contribution in [0.4, 0.5) is 0 Å². The molecule has 1 rings (SSSR count). The van der Waals surface area contributed by atoms with Crippen molar-refractivity contribution in [2.45, 2.75) is 32.4 Å². The minimum Gasteiger partial charge on any atom is -0.494 e. The van der Waals surface area contributed by atoms with E-state index in [2.05, 4.69) is 24.4 Å². The molecule has 0 radical (unpaired) electrons. The van der Waals surface area contributed by atoms with Crippen LogP contribution in [0.2, 0.25) is 0 Å². The molecule has 0 aliphatic heterocycles. The Kier molecular flexibility index (Phi) is 9.04. The van der Waals surface area contributed by atoms with Crippen LogP contribution in [-0.4, -0.2) is 40.1 Å². The second-order valence-electron chi connectivity index (χ2n) is 4.79. The lowest BCUT2D eigenvalue weighted by Gasteiger charge is -2.15. The summed E-state index contributed by atoms with van der Waals surface area (Å²) < 4.78 is 16.0. The zero-order valence-corrected chi connectivity index (χ0v) is 12.9. The number of ether oxygens (including phenoxy) is 3. The Morgan fingerprint density at radius 1 is 1.15 bits per heavy atom. The Bertz CT molecular complexity index is 340. The summed E-state index contributed by atoms with van der Waals surface area (Å²) in [6, 6.07) is 8.23. The Morgan fingerprint density at radius 3 is 2.50 bits per heavy atom. The standard InChI is InChI=1S/C16H27NO3/c1-4-5-10-20-15-8-6-14(7-9-15)11-17-12-16(19-3)13-18-2/h6-9,16-17H,4-5,10-13H2,1-3H3. The van der Waals surface area contributed by atoms with Crippen LogP contribution in [0.1, 0.15) is 25.3 Å². The van der Waals surface area contributed by atoms with Crippen molar-refractivity contribution in [2.24, 2.45) is 0 Å². The number of hydrogen-bond donors (Lipinski definition) is 1. The molecule has 1 aromatic carbocycles.